The Morgan fingerprint density at radius 1 is 1.00 bits per heavy atom. The average molecular weight is 294 g/mol. The first-order valence-electron chi connectivity index (χ1n) is 5.44. The molecule has 0 aliphatic heterocycles. The van der Waals surface area contributed by atoms with Crippen LogP contribution in [-0.4, -0.2) is 0 Å². The molecule has 0 bridgehead atoms. The van der Waals surface area contributed by atoms with E-state index in [4.69, 9.17) is 0 Å². The van der Waals surface area contributed by atoms with Crippen LogP contribution in [0.1, 0.15) is 11.1 Å². The third-order valence-electron chi connectivity index (χ3n) is 2.50. The van der Waals surface area contributed by atoms with E-state index in [-0.39, 0.29) is 5.82 Å². The summed E-state index contributed by atoms with van der Waals surface area (Å²) in [7, 11) is 0. The highest BCUT2D eigenvalue weighted by atomic mass is 79.9. The van der Waals surface area contributed by atoms with Gasteiger partial charge in [-0.15, -0.1) is 0 Å². The van der Waals surface area contributed by atoms with Crippen molar-refractivity contribution in [2.75, 3.05) is 0 Å². The highest BCUT2D eigenvalue weighted by molar-refractivity contribution is 9.10. The van der Waals surface area contributed by atoms with Crippen LogP contribution in [0.2, 0.25) is 0 Å². The number of hydrogen-bond acceptors (Lipinski definition) is 1. The first-order chi connectivity index (χ1) is 8.25. The summed E-state index contributed by atoms with van der Waals surface area (Å²) in [6.45, 7) is 1.53. The van der Waals surface area contributed by atoms with Gasteiger partial charge in [0.15, 0.2) is 0 Å². The lowest BCUT2D eigenvalue weighted by atomic mass is 10.2. The van der Waals surface area contributed by atoms with Crippen LogP contribution in [0.4, 0.5) is 4.39 Å². The van der Waals surface area contributed by atoms with Crippen molar-refractivity contribution in [2.45, 2.75) is 13.1 Å². The van der Waals surface area contributed by atoms with E-state index in [9.17, 15) is 4.39 Å². The van der Waals surface area contributed by atoms with Gasteiger partial charge in [0, 0.05) is 17.6 Å². The Bertz CT molecular complexity index is 485. The summed E-state index contributed by atoms with van der Waals surface area (Å²) in [5.74, 6) is -0.219. The largest absolute Gasteiger partial charge is 0.309 e. The molecule has 88 valence electrons. The zero-order chi connectivity index (χ0) is 12.1. The van der Waals surface area contributed by atoms with Gasteiger partial charge in [-0.3, -0.25) is 0 Å². The molecule has 0 aliphatic rings. The quantitative estimate of drug-likeness (QED) is 0.902. The molecule has 0 saturated carbocycles. The monoisotopic (exact) mass is 293 g/mol. The van der Waals surface area contributed by atoms with Crippen molar-refractivity contribution >= 4 is 15.9 Å². The maximum Gasteiger partial charge on any atom is 0.124 e. The van der Waals surface area contributed by atoms with Crippen LogP contribution in [0.3, 0.4) is 0 Å². The molecule has 0 unspecified atom stereocenters. The van der Waals surface area contributed by atoms with Gasteiger partial charge in [0.25, 0.3) is 0 Å². The first kappa shape index (κ1) is 12.3. The maximum atomic E-state index is 12.9. The summed E-state index contributed by atoms with van der Waals surface area (Å²) in [5.41, 5.74) is 2.30. The predicted molar refractivity (Wildman–Crippen MR) is 71.1 cm³/mol. The molecule has 0 atom stereocenters. The molecule has 0 radical (unpaired) electrons. The number of hydrogen-bond donors (Lipinski definition) is 1. The smallest absolute Gasteiger partial charge is 0.124 e. The van der Waals surface area contributed by atoms with Crippen molar-refractivity contribution in [3.05, 3.63) is 69.9 Å². The molecule has 1 nitrogen and oxygen atoms in total. The fourth-order valence-corrected chi connectivity index (χ4v) is 2.09. The number of rotatable bonds is 4. The fraction of sp³-hybridized carbons (Fsp3) is 0.143. The highest BCUT2D eigenvalue weighted by Gasteiger charge is 2.01. The predicted octanol–water partition coefficient (Wildman–Crippen LogP) is 3.88. The second-order valence-electron chi connectivity index (χ2n) is 3.82. The Balaban J connectivity index is 1.90. The van der Waals surface area contributed by atoms with Crippen LogP contribution < -0.4 is 5.32 Å². The zero-order valence-corrected chi connectivity index (χ0v) is 10.9. The Hall–Kier alpha value is -1.19. The van der Waals surface area contributed by atoms with Gasteiger partial charge in [0.2, 0.25) is 0 Å². The number of halogens is 2. The average Bonchev–Trinajstić information content (AvgIpc) is 2.33. The molecule has 0 aliphatic carbocycles. The molecule has 0 aromatic heterocycles. The Labute approximate surface area is 109 Å². The van der Waals surface area contributed by atoms with Crippen molar-refractivity contribution in [3.8, 4) is 0 Å². The van der Waals surface area contributed by atoms with Gasteiger partial charge in [0.05, 0.1) is 0 Å². The third-order valence-corrected chi connectivity index (χ3v) is 3.24. The molecule has 0 amide bonds. The van der Waals surface area contributed by atoms with Crippen LogP contribution in [-0.2, 0) is 13.1 Å². The molecule has 1 N–H and O–H groups in total. The second kappa shape index (κ2) is 5.94. The molecule has 2 aromatic rings. The Morgan fingerprint density at radius 3 is 2.47 bits per heavy atom. The number of nitrogens with one attached hydrogen (secondary N) is 1. The molecular formula is C14H13BrFN. The minimum atomic E-state index is -0.219. The molecule has 2 rings (SSSR count). The topological polar surface area (TPSA) is 12.0 Å². The van der Waals surface area contributed by atoms with Gasteiger partial charge in [-0.25, -0.2) is 4.39 Å². The van der Waals surface area contributed by atoms with Crippen molar-refractivity contribution in [1.29, 1.82) is 0 Å². The Morgan fingerprint density at radius 2 is 1.76 bits per heavy atom. The SMILES string of the molecule is Fc1ccc(CNCc2ccccc2)c(Br)c1. The minimum Gasteiger partial charge on any atom is -0.309 e. The van der Waals surface area contributed by atoms with Crippen LogP contribution in [0.15, 0.2) is 53.0 Å². The van der Waals surface area contributed by atoms with Gasteiger partial charge < -0.3 is 5.32 Å². The van der Waals surface area contributed by atoms with E-state index in [0.29, 0.717) is 0 Å². The summed E-state index contributed by atoms with van der Waals surface area (Å²) < 4.78 is 13.7. The van der Waals surface area contributed by atoms with E-state index in [1.165, 1.54) is 17.7 Å². The molecule has 0 heterocycles. The fourth-order valence-electron chi connectivity index (χ4n) is 1.60. The zero-order valence-electron chi connectivity index (χ0n) is 9.29. The molecule has 0 spiro atoms. The van der Waals surface area contributed by atoms with E-state index in [0.717, 1.165) is 23.1 Å². The summed E-state index contributed by atoms with van der Waals surface area (Å²) in [5, 5.41) is 3.33. The highest BCUT2D eigenvalue weighted by Crippen LogP contribution is 2.17. The third kappa shape index (κ3) is 3.65. The van der Waals surface area contributed by atoms with Crippen LogP contribution in [0.25, 0.3) is 0 Å². The lowest BCUT2D eigenvalue weighted by Gasteiger charge is -2.07. The van der Waals surface area contributed by atoms with E-state index in [2.05, 4.69) is 33.4 Å². The molecule has 0 saturated heterocycles. The molecular weight excluding hydrogens is 281 g/mol. The minimum absolute atomic E-state index is 0.219. The van der Waals surface area contributed by atoms with Crippen molar-refractivity contribution in [3.63, 3.8) is 0 Å². The van der Waals surface area contributed by atoms with Gasteiger partial charge in [-0.2, -0.15) is 0 Å². The first-order valence-corrected chi connectivity index (χ1v) is 6.23. The van der Waals surface area contributed by atoms with Crippen LogP contribution >= 0.6 is 15.9 Å². The lowest BCUT2D eigenvalue weighted by molar-refractivity contribution is 0.623. The van der Waals surface area contributed by atoms with E-state index in [1.54, 1.807) is 6.07 Å². The van der Waals surface area contributed by atoms with E-state index < -0.39 is 0 Å². The molecule has 2 aromatic carbocycles. The molecule has 17 heavy (non-hydrogen) atoms. The second-order valence-corrected chi connectivity index (χ2v) is 4.68. The summed E-state index contributed by atoms with van der Waals surface area (Å²) in [6, 6.07) is 14.9. The van der Waals surface area contributed by atoms with Crippen molar-refractivity contribution in [2.24, 2.45) is 0 Å². The van der Waals surface area contributed by atoms with Crippen LogP contribution in [0.5, 0.6) is 0 Å². The van der Waals surface area contributed by atoms with Crippen molar-refractivity contribution in [1.82, 2.24) is 5.32 Å². The van der Waals surface area contributed by atoms with Gasteiger partial charge in [0.1, 0.15) is 5.82 Å². The normalized spacial score (nSPS) is 10.5. The summed E-state index contributed by atoms with van der Waals surface area (Å²) in [4.78, 5) is 0. The standard InChI is InChI=1S/C14H13BrFN/c15-14-8-13(16)7-6-12(14)10-17-9-11-4-2-1-3-5-11/h1-8,17H,9-10H2. The van der Waals surface area contributed by atoms with Gasteiger partial charge >= 0.3 is 0 Å². The summed E-state index contributed by atoms with van der Waals surface area (Å²) in [6.07, 6.45) is 0. The van der Waals surface area contributed by atoms with E-state index in [1.807, 2.05) is 18.2 Å². The summed E-state index contributed by atoms with van der Waals surface area (Å²) >= 11 is 3.35. The molecule has 0 fully saturated rings. The van der Waals surface area contributed by atoms with E-state index >= 15 is 0 Å². The number of benzene rings is 2. The van der Waals surface area contributed by atoms with Crippen molar-refractivity contribution < 1.29 is 4.39 Å². The van der Waals surface area contributed by atoms with Crippen LogP contribution in [0, 0.1) is 5.82 Å². The Kier molecular flexibility index (Phi) is 4.29. The molecule has 3 heteroatoms. The van der Waals surface area contributed by atoms with Gasteiger partial charge in [-0.1, -0.05) is 52.3 Å². The van der Waals surface area contributed by atoms with Gasteiger partial charge in [-0.05, 0) is 23.3 Å². The lowest BCUT2D eigenvalue weighted by Crippen LogP contribution is -2.12. The maximum absolute atomic E-state index is 12.9.